The number of piperidine rings is 1. The molecule has 1 saturated carbocycles. The minimum Gasteiger partial charge on any atom is -0.353 e. The number of nitrogens with one attached hydrogen (secondary N) is 1. The highest BCUT2D eigenvalue weighted by Crippen LogP contribution is 2.26. The van der Waals surface area contributed by atoms with Gasteiger partial charge in [-0.3, -0.25) is 9.59 Å². The van der Waals surface area contributed by atoms with Gasteiger partial charge in [-0.2, -0.15) is 0 Å². The van der Waals surface area contributed by atoms with Crippen LogP contribution < -0.4 is 5.32 Å². The SMILES string of the molecule is O=C(NC1CC1)C1CCN(C(=O)c2ccc(-c3cccs3)cc2)CC1. The van der Waals surface area contributed by atoms with Gasteiger partial charge in [-0.1, -0.05) is 18.2 Å². The van der Waals surface area contributed by atoms with E-state index in [0.717, 1.165) is 36.8 Å². The molecule has 1 saturated heterocycles. The molecule has 0 bridgehead atoms. The van der Waals surface area contributed by atoms with Crippen molar-refractivity contribution in [2.45, 2.75) is 31.7 Å². The van der Waals surface area contributed by atoms with Gasteiger partial charge in [-0.05, 0) is 54.8 Å². The van der Waals surface area contributed by atoms with E-state index in [1.165, 1.54) is 4.88 Å². The Hall–Kier alpha value is -2.14. The van der Waals surface area contributed by atoms with Gasteiger partial charge in [0.2, 0.25) is 5.91 Å². The first-order chi connectivity index (χ1) is 12.2. The normalized spacial score (nSPS) is 18.2. The minimum atomic E-state index is 0.0610. The molecule has 2 aliphatic rings. The summed E-state index contributed by atoms with van der Waals surface area (Å²) < 4.78 is 0. The van der Waals surface area contributed by atoms with Gasteiger partial charge < -0.3 is 10.2 Å². The number of nitrogens with zero attached hydrogens (tertiary/aromatic N) is 1. The van der Waals surface area contributed by atoms with Crippen LogP contribution in [-0.2, 0) is 4.79 Å². The molecule has 2 aromatic rings. The average molecular weight is 354 g/mol. The minimum absolute atomic E-state index is 0.0610. The third-order valence-electron chi connectivity index (χ3n) is 5.01. The largest absolute Gasteiger partial charge is 0.353 e. The molecule has 4 rings (SSSR count). The summed E-state index contributed by atoms with van der Waals surface area (Å²) in [5.74, 6) is 0.305. The van der Waals surface area contributed by atoms with E-state index in [4.69, 9.17) is 0 Å². The molecule has 0 spiro atoms. The highest BCUT2D eigenvalue weighted by molar-refractivity contribution is 7.13. The maximum Gasteiger partial charge on any atom is 0.253 e. The Kier molecular flexibility index (Phi) is 4.57. The van der Waals surface area contributed by atoms with Crippen molar-refractivity contribution >= 4 is 23.2 Å². The molecule has 5 heteroatoms. The first-order valence-corrected chi connectivity index (χ1v) is 9.82. The summed E-state index contributed by atoms with van der Waals surface area (Å²) in [5, 5.41) is 5.13. The molecule has 2 fully saturated rings. The number of carbonyl (C=O) groups excluding carboxylic acids is 2. The van der Waals surface area contributed by atoms with E-state index in [-0.39, 0.29) is 17.7 Å². The number of thiophene rings is 1. The van der Waals surface area contributed by atoms with Crippen LogP contribution in [0.2, 0.25) is 0 Å². The van der Waals surface area contributed by atoms with E-state index in [0.29, 0.717) is 19.1 Å². The smallest absolute Gasteiger partial charge is 0.253 e. The monoisotopic (exact) mass is 354 g/mol. The maximum atomic E-state index is 12.7. The van der Waals surface area contributed by atoms with Crippen LogP contribution in [0, 0.1) is 5.92 Å². The van der Waals surface area contributed by atoms with Crippen molar-refractivity contribution < 1.29 is 9.59 Å². The molecule has 25 heavy (non-hydrogen) atoms. The van der Waals surface area contributed by atoms with E-state index >= 15 is 0 Å². The fraction of sp³-hybridized carbons (Fsp3) is 0.400. The first kappa shape index (κ1) is 16.3. The summed E-state index contributed by atoms with van der Waals surface area (Å²) in [5.41, 5.74) is 1.86. The third-order valence-corrected chi connectivity index (χ3v) is 5.93. The Morgan fingerprint density at radius 2 is 1.72 bits per heavy atom. The molecule has 2 heterocycles. The molecule has 1 aromatic heterocycles. The van der Waals surface area contributed by atoms with Crippen LogP contribution in [0.4, 0.5) is 0 Å². The Morgan fingerprint density at radius 3 is 2.32 bits per heavy atom. The van der Waals surface area contributed by atoms with Gasteiger partial charge in [-0.25, -0.2) is 0 Å². The van der Waals surface area contributed by atoms with Crippen LogP contribution in [0.1, 0.15) is 36.0 Å². The van der Waals surface area contributed by atoms with Gasteiger partial charge in [0.25, 0.3) is 5.91 Å². The second kappa shape index (κ2) is 7.00. The summed E-state index contributed by atoms with van der Waals surface area (Å²) in [4.78, 5) is 27.9. The van der Waals surface area contributed by atoms with Crippen molar-refractivity contribution in [2.75, 3.05) is 13.1 Å². The van der Waals surface area contributed by atoms with Gasteiger partial charge in [0.15, 0.2) is 0 Å². The predicted octanol–water partition coefficient (Wildman–Crippen LogP) is 3.55. The number of rotatable bonds is 4. The predicted molar refractivity (Wildman–Crippen MR) is 99.5 cm³/mol. The Labute approximate surface area is 151 Å². The lowest BCUT2D eigenvalue weighted by atomic mass is 9.95. The molecular formula is C20H22N2O2S. The lowest BCUT2D eigenvalue weighted by molar-refractivity contribution is -0.126. The molecule has 1 aliphatic heterocycles. The molecular weight excluding hydrogens is 332 g/mol. The Balaban J connectivity index is 1.34. The lowest BCUT2D eigenvalue weighted by Crippen LogP contribution is -2.43. The van der Waals surface area contributed by atoms with Gasteiger partial charge in [0, 0.05) is 35.5 Å². The molecule has 1 aliphatic carbocycles. The number of likely N-dealkylation sites (tertiary alicyclic amines) is 1. The summed E-state index contributed by atoms with van der Waals surface area (Å²) >= 11 is 1.70. The van der Waals surface area contributed by atoms with Gasteiger partial charge in [0.05, 0.1) is 0 Å². The van der Waals surface area contributed by atoms with Gasteiger partial charge >= 0.3 is 0 Å². The fourth-order valence-corrected chi connectivity index (χ4v) is 4.03. The third kappa shape index (κ3) is 3.76. The fourth-order valence-electron chi connectivity index (χ4n) is 3.29. The summed E-state index contributed by atoms with van der Waals surface area (Å²) in [7, 11) is 0. The van der Waals surface area contributed by atoms with E-state index in [1.807, 2.05) is 35.2 Å². The van der Waals surface area contributed by atoms with Gasteiger partial charge in [-0.15, -0.1) is 11.3 Å². The summed E-state index contributed by atoms with van der Waals surface area (Å²) in [6.45, 7) is 1.32. The molecule has 0 unspecified atom stereocenters. The number of amides is 2. The van der Waals surface area contributed by atoms with Crippen LogP contribution in [0.25, 0.3) is 10.4 Å². The van der Waals surface area contributed by atoms with Crippen LogP contribution in [0.5, 0.6) is 0 Å². The van der Waals surface area contributed by atoms with E-state index in [9.17, 15) is 9.59 Å². The highest BCUT2D eigenvalue weighted by atomic mass is 32.1. The summed E-state index contributed by atoms with van der Waals surface area (Å²) in [6, 6.07) is 12.4. The van der Waals surface area contributed by atoms with Crippen LogP contribution in [0.15, 0.2) is 41.8 Å². The van der Waals surface area contributed by atoms with Crippen LogP contribution in [0.3, 0.4) is 0 Å². The maximum absolute atomic E-state index is 12.7. The van der Waals surface area contributed by atoms with Crippen molar-refractivity contribution in [3.05, 3.63) is 47.3 Å². The number of benzene rings is 1. The zero-order chi connectivity index (χ0) is 17.2. The lowest BCUT2D eigenvalue weighted by Gasteiger charge is -2.31. The van der Waals surface area contributed by atoms with Crippen molar-refractivity contribution in [3.63, 3.8) is 0 Å². The zero-order valence-electron chi connectivity index (χ0n) is 14.1. The van der Waals surface area contributed by atoms with E-state index in [2.05, 4.69) is 16.8 Å². The Bertz CT molecular complexity index is 743. The molecule has 4 nitrogen and oxygen atoms in total. The number of hydrogen-bond acceptors (Lipinski definition) is 3. The average Bonchev–Trinajstić information content (AvgIpc) is 3.30. The Morgan fingerprint density at radius 1 is 1.00 bits per heavy atom. The quantitative estimate of drug-likeness (QED) is 0.913. The number of carbonyl (C=O) groups is 2. The highest BCUT2D eigenvalue weighted by Gasteiger charge is 2.31. The first-order valence-electron chi connectivity index (χ1n) is 8.94. The van der Waals surface area contributed by atoms with E-state index < -0.39 is 0 Å². The van der Waals surface area contributed by atoms with Crippen LogP contribution >= 0.6 is 11.3 Å². The topological polar surface area (TPSA) is 49.4 Å². The second-order valence-corrected chi connectivity index (χ2v) is 7.85. The summed E-state index contributed by atoms with van der Waals surface area (Å²) in [6.07, 6.45) is 3.75. The number of hydrogen-bond donors (Lipinski definition) is 1. The van der Waals surface area contributed by atoms with Crippen molar-refractivity contribution in [3.8, 4) is 10.4 Å². The van der Waals surface area contributed by atoms with E-state index in [1.54, 1.807) is 11.3 Å². The zero-order valence-corrected chi connectivity index (χ0v) is 14.9. The van der Waals surface area contributed by atoms with Crippen molar-refractivity contribution in [1.82, 2.24) is 10.2 Å². The van der Waals surface area contributed by atoms with Crippen molar-refractivity contribution in [2.24, 2.45) is 5.92 Å². The standard InChI is InChI=1S/C20H22N2O2S/c23-19(21-17-7-8-17)15-9-11-22(12-10-15)20(24)16-5-3-14(4-6-16)18-2-1-13-25-18/h1-6,13,15,17H,7-12H2,(H,21,23). The molecule has 1 aromatic carbocycles. The van der Waals surface area contributed by atoms with Gasteiger partial charge in [0.1, 0.15) is 0 Å². The second-order valence-electron chi connectivity index (χ2n) is 6.90. The molecule has 1 N–H and O–H groups in total. The molecule has 130 valence electrons. The molecule has 0 radical (unpaired) electrons. The molecule has 0 atom stereocenters. The van der Waals surface area contributed by atoms with Crippen LogP contribution in [-0.4, -0.2) is 35.8 Å². The van der Waals surface area contributed by atoms with Crippen molar-refractivity contribution in [1.29, 1.82) is 0 Å². The molecule has 2 amide bonds.